The van der Waals surface area contributed by atoms with Crippen molar-refractivity contribution in [1.82, 2.24) is 4.57 Å². The quantitative estimate of drug-likeness (QED) is 0.776. The molecule has 3 aromatic rings. The van der Waals surface area contributed by atoms with Crippen LogP contribution in [0.2, 0.25) is 0 Å². The van der Waals surface area contributed by atoms with Crippen molar-refractivity contribution in [2.24, 2.45) is 0 Å². The first kappa shape index (κ1) is 13.2. The number of aromatic carboxylic acids is 1. The highest BCUT2D eigenvalue weighted by molar-refractivity contribution is 5.95. The standard InChI is InChI=1S/C16H12FNO3/c17-12-3-1-2-10(6-12)9-18-14-5-4-13(19)7-11(14)8-15(18)16(20)21/h1-8,19H,9H2,(H,20,21). The van der Waals surface area contributed by atoms with Gasteiger partial charge in [-0.1, -0.05) is 12.1 Å². The molecule has 5 heteroatoms. The van der Waals surface area contributed by atoms with Crippen molar-refractivity contribution >= 4 is 16.9 Å². The zero-order chi connectivity index (χ0) is 15.0. The Morgan fingerprint density at radius 2 is 1.95 bits per heavy atom. The fourth-order valence-corrected chi connectivity index (χ4v) is 2.42. The fourth-order valence-electron chi connectivity index (χ4n) is 2.42. The predicted octanol–water partition coefficient (Wildman–Crippen LogP) is 3.23. The fraction of sp³-hybridized carbons (Fsp3) is 0.0625. The van der Waals surface area contributed by atoms with Gasteiger partial charge in [-0.2, -0.15) is 0 Å². The Hall–Kier alpha value is -2.82. The minimum absolute atomic E-state index is 0.0716. The number of carboxylic acids is 1. The van der Waals surface area contributed by atoms with Crippen LogP contribution in [-0.2, 0) is 6.54 Å². The first-order valence-electron chi connectivity index (χ1n) is 6.34. The molecule has 1 aromatic heterocycles. The molecule has 0 radical (unpaired) electrons. The van der Waals surface area contributed by atoms with Crippen LogP contribution in [0.1, 0.15) is 16.1 Å². The Kier molecular flexibility index (Phi) is 3.10. The van der Waals surface area contributed by atoms with Gasteiger partial charge in [0.05, 0.1) is 0 Å². The predicted molar refractivity (Wildman–Crippen MR) is 76.1 cm³/mol. The van der Waals surface area contributed by atoms with Crippen LogP contribution in [0.15, 0.2) is 48.5 Å². The molecule has 21 heavy (non-hydrogen) atoms. The molecule has 106 valence electrons. The van der Waals surface area contributed by atoms with Gasteiger partial charge in [0.1, 0.15) is 17.3 Å². The summed E-state index contributed by atoms with van der Waals surface area (Å²) >= 11 is 0. The van der Waals surface area contributed by atoms with E-state index in [0.717, 1.165) is 0 Å². The lowest BCUT2D eigenvalue weighted by molar-refractivity contribution is 0.0686. The van der Waals surface area contributed by atoms with E-state index in [-0.39, 0.29) is 23.8 Å². The Labute approximate surface area is 119 Å². The maximum absolute atomic E-state index is 13.3. The second kappa shape index (κ2) is 4.94. The summed E-state index contributed by atoms with van der Waals surface area (Å²) in [6.45, 7) is 0.244. The number of rotatable bonds is 3. The topological polar surface area (TPSA) is 62.5 Å². The summed E-state index contributed by atoms with van der Waals surface area (Å²) in [5.41, 5.74) is 1.44. The molecule has 1 heterocycles. The number of phenolic OH excluding ortho intramolecular Hbond substituents is 1. The molecule has 0 spiro atoms. The maximum atomic E-state index is 13.3. The third-order valence-corrected chi connectivity index (χ3v) is 3.33. The number of carbonyl (C=O) groups is 1. The Morgan fingerprint density at radius 3 is 2.67 bits per heavy atom. The lowest BCUT2D eigenvalue weighted by Gasteiger charge is -2.09. The lowest BCUT2D eigenvalue weighted by atomic mass is 10.2. The van der Waals surface area contributed by atoms with E-state index in [9.17, 15) is 19.4 Å². The Morgan fingerprint density at radius 1 is 1.14 bits per heavy atom. The third-order valence-electron chi connectivity index (χ3n) is 3.33. The van der Waals surface area contributed by atoms with E-state index in [4.69, 9.17) is 0 Å². The Balaban J connectivity index is 2.15. The number of nitrogens with zero attached hydrogens (tertiary/aromatic N) is 1. The number of aromatic nitrogens is 1. The van der Waals surface area contributed by atoms with Gasteiger partial charge in [-0.25, -0.2) is 9.18 Å². The normalized spacial score (nSPS) is 10.9. The molecule has 0 atom stereocenters. The highest BCUT2D eigenvalue weighted by atomic mass is 19.1. The van der Waals surface area contributed by atoms with Crippen molar-refractivity contribution < 1.29 is 19.4 Å². The molecule has 0 aliphatic carbocycles. The van der Waals surface area contributed by atoms with Gasteiger partial charge in [0.15, 0.2) is 0 Å². The zero-order valence-electron chi connectivity index (χ0n) is 11.0. The SMILES string of the molecule is O=C(O)c1cc2cc(O)ccc2n1Cc1cccc(F)c1. The van der Waals surface area contributed by atoms with E-state index >= 15 is 0 Å². The molecule has 0 unspecified atom stereocenters. The van der Waals surface area contributed by atoms with Gasteiger partial charge in [-0.3, -0.25) is 0 Å². The molecular formula is C16H12FNO3. The minimum Gasteiger partial charge on any atom is -0.508 e. The summed E-state index contributed by atoms with van der Waals surface area (Å²) in [7, 11) is 0. The summed E-state index contributed by atoms with van der Waals surface area (Å²) < 4.78 is 14.9. The largest absolute Gasteiger partial charge is 0.508 e. The highest BCUT2D eigenvalue weighted by Crippen LogP contribution is 2.25. The summed E-state index contributed by atoms with van der Waals surface area (Å²) in [4.78, 5) is 11.4. The number of carboxylic acid groups (broad SMARTS) is 1. The molecular weight excluding hydrogens is 273 g/mol. The van der Waals surface area contributed by atoms with Crippen LogP contribution in [-0.4, -0.2) is 20.7 Å². The van der Waals surface area contributed by atoms with Gasteiger partial charge in [0, 0.05) is 17.4 Å². The molecule has 2 N–H and O–H groups in total. The van der Waals surface area contributed by atoms with Crippen molar-refractivity contribution in [2.75, 3.05) is 0 Å². The van der Waals surface area contributed by atoms with Gasteiger partial charge in [0.25, 0.3) is 0 Å². The third kappa shape index (κ3) is 2.45. The monoisotopic (exact) mass is 285 g/mol. The number of hydrogen-bond acceptors (Lipinski definition) is 2. The Bertz CT molecular complexity index is 839. The van der Waals surface area contributed by atoms with Crippen LogP contribution < -0.4 is 0 Å². The van der Waals surface area contributed by atoms with Crippen molar-refractivity contribution in [3.63, 3.8) is 0 Å². The molecule has 2 aromatic carbocycles. The van der Waals surface area contributed by atoms with Crippen LogP contribution in [0.5, 0.6) is 5.75 Å². The molecule has 0 saturated carbocycles. The summed E-state index contributed by atoms with van der Waals surface area (Å²) in [5.74, 6) is -1.36. The summed E-state index contributed by atoms with van der Waals surface area (Å²) in [6.07, 6.45) is 0. The van der Waals surface area contributed by atoms with Gasteiger partial charge >= 0.3 is 5.97 Å². The van der Waals surface area contributed by atoms with Crippen molar-refractivity contribution in [3.05, 3.63) is 65.6 Å². The van der Waals surface area contributed by atoms with E-state index in [1.54, 1.807) is 22.8 Å². The average Bonchev–Trinajstić information content (AvgIpc) is 2.77. The summed E-state index contributed by atoms with van der Waals surface area (Å²) in [6, 6.07) is 12.2. The smallest absolute Gasteiger partial charge is 0.352 e. The molecule has 0 bridgehead atoms. The molecule has 0 fully saturated rings. The maximum Gasteiger partial charge on any atom is 0.352 e. The van der Waals surface area contributed by atoms with Crippen LogP contribution in [0.4, 0.5) is 4.39 Å². The number of phenols is 1. The second-order valence-corrected chi connectivity index (χ2v) is 4.79. The van der Waals surface area contributed by atoms with Crippen molar-refractivity contribution in [1.29, 1.82) is 0 Å². The molecule has 0 saturated heterocycles. The number of aromatic hydroxyl groups is 1. The van der Waals surface area contributed by atoms with Crippen molar-refractivity contribution in [3.8, 4) is 5.75 Å². The van der Waals surface area contributed by atoms with Gasteiger partial charge in [0.2, 0.25) is 0 Å². The number of benzene rings is 2. The van der Waals surface area contributed by atoms with Crippen LogP contribution in [0.3, 0.4) is 0 Å². The minimum atomic E-state index is -1.07. The second-order valence-electron chi connectivity index (χ2n) is 4.79. The molecule has 0 amide bonds. The van der Waals surface area contributed by atoms with Crippen LogP contribution >= 0.6 is 0 Å². The molecule has 0 aliphatic rings. The number of fused-ring (bicyclic) bond motifs is 1. The van der Waals surface area contributed by atoms with Crippen LogP contribution in [0.25, 0.3) is 10.9 Å². The average molecular weight is 285 g/mol. The lowest BCUT2D eigenvalue weighted by Crippen LogP contribution is -2.09. The van der Waals surface area contributed by atoms with E-state index in [1.165, 1.54) is 30.3 Å². The van der Waals surface area contributed by atoms with Gasteiger partial charge in [-0.15, -0.1) is 0 Å². The van der Waals surface area contributed by atoms with E-state index in [1.807, 2.05) is 0 Å². The van der Waals surface area contributed by atoms with Crippen molar-refractivity contribution in [2.45, 2.75) is 6.54 Å². The van der Waals surface area contributed by atoms with Gasteiger partial charge < -0.3 is 14.8 Å². The number of hydrogen-bond donors (Lipinski definition) is 2. The first-order valence-corrected chi connectivity index (χ1v) is 6.34. The molecule has 3 rings (SSSR count). The van der Waals surface area contributed by atoms with E-state index in [0.29, 0.717) is 16.5 Å². The van der Waals surface area contributed by atoms with Gasteiger partial charge in [-0.05, 0) is 42.0 Å². The zero-order valence-corrected chi connectivity index (χ0v) is 11.0. The number of halogens is 1. The molecule has 0 aliphatic heterocycles. The first-order chi connectivity index (χ1) is 10.0. The summed E-state index contributed by atoms with van der Waals surface area (Å²) in [5, 5.41) is 19.4. The van der Waals surface area contributed by atoms with E-state index < -0.39 is 5.97 Å². The molecule has 4 nitrogen and oxygen atoms in total. The van der Waals surface area contributed by atoms with Crippen LogP contribution in [0, 0.1) is 5.82 Å². The highest BCUT2D eigenvalue weighted by Gasteiger charge is 2.15. The van der Waals surface area contributed by atoms with E-state index in [2.05, 4.69) is 0 Å².